The molecule has 0 fully saturated rings. The first kappa shape index (κ1) is 54.9. The molecule has 0 aliphatic carbocycles. The second kappa shape index (κ2) is 42.1. The number of amides is 1. The number of nitrogens with one attached hydrogen (secondary N) is 1. The number of aliphatic hydroxyl groups excluding tert-OH is 2. The number of allylic oxidation sites excluding steroid dienone is 3. The molecule has 10 heteroatoms. The fourth-order valence-corrected chi connectivity index (χ4v) is 7.75. The monoisotopic (exact) mass is 815 g/mol. The topological polar surface area (TPSA) is 151 Å². The Labute approximate surface area is 345 Å². The summed E-state index contributed by atoms with van der Waals surface area (Å²) >= 11 is 0. The van der Waals surface area contributed by atoms with Gasteiger partial charge in [0.2, 0.25) is 5.91 Å². The highest BCUT2D eigenvalue weighted by Gasteiger charge is 2.27. The van der Waals surface area contributed by atoms with Gasteiger partial charge in [-0.25, -0.2) is 4.57 Å². The van der Waals surface area contributed by atoms with Gasteiger partial charge in [0.05, 0.1) is 37.9 Å². The van der Waals surface area contributed by atoms with Crippen LogP contribution in [0.1, 0.15) is 226 Å². The van der Waals surface area contributed by atoms with Crippen molar-refractivity contribution in [1.82, 2.24) is 5.32 Å². The van der Waals surface area contributed by atoms with Gasteiger partial charge in [0.1, 0.15) is 0 Å². The van der Waals surface area contributed by atoms with Crippen molar-refractivity contribution < 1.29 is 33.5 Å². The SMILES string of the molecule is CCCCCC/C=C\CCCCCCCC(O)CC(=O)NC(COP(=O)(O)OCCN)C(O)/C=C/CCCCCCCCCCCCCCCCCCCCC. The van der Waals surface area contributed by atoms with Crippen LogP contribution in [0.15, 0.2) is 24.3 Å². The smallest absolute Gasteiger partial charge is 0.393 e. The highest BCUT2D eigenvalue weighted by molar-refractivity contribution is 7.47. The molecule has 0 aromatic carbocycles. The fraction of sp³-hybridized carbons (Fsp3) is 0.891. The van der Waals surface area contributed by atoms with Crippen LogP contribution >= 0.6 is 7.82 Å². The molecule has 0 heterocycles. The van der Waals surface area contributed by atoms with Crippen LogP contribution in [-0.2, 0) is 18.4 Å². The lowest BCUT2D eigenvalue weighted by atomic mass is 10.0. The molecule has 0 rings (SSSR count). The third-order valence-electron chi connectivity index (χ3n) is 10.6. The Morgan fingerprint density at radius 1 is 0.607 bits per heavy atom. The summed E-state index contributed by atoms with van der Waals surface area (Å²) in [5, 5.41) is 24.1. The van der Waals surface area contributed by atoms with Gasteiger partial charge in [-0.05, 0) is 44.9 Å². The number of phosphoric acid groups is 1. The second-order valence-electron chi connectivity index (χ2n) is 16.2. The van der Waals surface area contributed by atoms with Crippen LogP contribution in [0.5, 0.6) is 0 Å². The Morgan fingerprint density at radius 2 is 1.00 bits per heavy atom. The van der Waals surface area contributed by atoms with Crippen LogP contribution in [0, 0.1) is 0 Å². The van der Waals surface area contributed by atoms with Gasteiger partial charge in [-0.2, -0.15) is 0 Å². The zero-order valence-corrected chi connectivity index (χ0v) is 37.4. The predicted octanol–water partition coefficient (Wildman–Crippen LogP) is 12.3. The zero-order chi connectivity index (χ0) is 41.2. The molecule has 0 aliphatic heterocycles. The summed E-state index contributed by atoms with van der Waals surface area (Å²) in [5.41, 5.74) is 5.37. The lowest BCUT2D eigenvalue weighted by Gasteiger charge is -2.24. The van der Waals surface area contributed by atoms with Crippen molar-refractivity contribution in [1.29, 1.82) is 0 Å². The summed E-state index contributed by atoms with van der Waals surface area (Å²) in [4.78, 5) is 22.8. The van der Waals surface area contributed by atoms with Gasteiger partial charge in [0, 0.05) is 6.54 Å². The van der Waals surface area contributed by atoms with E-state index in [1.54, 1.807) is 6.08 Å². The second-order valence-corrected chi connectivity index (χ2v) is 17.6. The largest absolute Gasteiger partial charge is 0.472 e. The first-order valence-electron chi connectivity index (χ1n) is 23.5. The minimum atomic E-state index is -4.40. The van der Waals surface area contributed by atoms with Gasteiger partial charge in [-0.15, -0.1) is 0 Å². The first-order valence-corrected chi connectivity index (χ1v) is 25.0. The van der Waals surface area contributed by atoms with Crippen molar-refractivity contribution in [3.8, 4) is 0 Å². The number of nitrogens with two attached hydrogens (primary N) is 1. The van der Waals surface area contributed by atoms with Crippen molar-refractivity contribution in [2.24, 2.45) is 5.73 Å². The molecule has 6 N–H and O–H groups in total. The first-order chi connectivity index (χ1) is 27.3. The van der Waals surface area contributed by atoms with Crippen molar-refractivity contribution >= 4 is 13.7 Å². The van der Waals surface area contributed by atoms with Crippen LogP contribution in [0.3, 0.4) is 0 Å². The van der Waals surface area contributed by atoms with Gasteiger partial charge in [0.15, 0.2) is 0 Å². The Hall–Kier alpha value is -1.06. The minimum Gasteiger partial charge on any atom is -0.393 e. The molecule has 4 atom stereocenters. The van der Waals surface area contributed by atoms with E-state index in [4.69, 9.17) is 14.8 Å². The van der Waals surface area contributed by atoms with Gasteiger partial charge in [0.25, 0.3) is 0 Å². The van der Waals surface area contributed by atoms with E-state index in [0.717, 1.165) is 51.4 Å². The molecular formula is C46H91N2O7P. The van der Waals surface area contributed by atoms with E-state index in [2.05, 4.69) is 31.3 Å². The average molecular weight is 815 g/mol. The summed E-state index contributed by atoms with van der Waals surface area (Å²) in [6.45, 7) is 3.97. The van der Waals surface area contributed by atoms with Crippen molar-refractivity contribution in [2.75, 3.05) is 19.8 Å². The molecule has 332 valence electrons. The minimum absolute atomic E-state index is 0.0490. The lowest BCUT2D eigenvalue weighted by molar-refractivity contribution is -0.124. The summed E-state index contributed by atoms with van der Waals surface area (Å²) < 4.78 is 22.1. The molecule has 0 aromatic rings. The molecular weight excluding hydrogens is 723 g/mol. The number of carbonyl (C=O) groups is 1. The number of phosphoric ester groups is 1. The maximum atomic E-state index is 12.8. The average Bonchev–Trinajstić information content (AvgIpc) is 3.17. The summed E-state index contributed by atoms with van der Waals surface area (Å²) in [7, 11) is -4.40. The van der Waals surface area contributed by atoms with Crippen LogP contribution in [0.4, 0.5) is 0 Å². The maximum Gasteiger partial charge on any atom is 0.472 e. The quantitative estimate of drug-likeness (QED) is 0.0232. The number of unbranched alkanes of at least 4 members (excludes halogenated alkanes) is 28. The number of carbonyl (C=O) groups excluding carboxylic acids is 1. The van der Waals surface area contributed by atoms with Crippen molar-refractivity contribution in [3.05, 3.63) is 24.3 Å². The van der Waals surface area contributed by atoms with E-state index in [1.165, 1.54) is 148 Å². The van der Waals surface area contributed by atoms with E-state index < -0.39 is 38.6 Å². The molecule has 0 radical (unpaired) electrons. The number of hydrogen-bond acceptors (Lipinski definition) is 7. The Morgan fingerprint density at radius 3 is 1.45 bits per heavy atom. The van der Waals surface area contributed by atoms with E-state index in [1.807, 2.05) is 6.08 Å². The van der Waals surface area contributed by atoms with E-state index in [0.29, 0.717) is 6.42 Å². The lowest BCUT2D eigenvalue weighted by Crippen LogP contribution is -2.46. The number of aliphatic hydroxyl groups is 2. The summed E-state index contributed by atoms with van der Waals surface area (Å²) in [6, 6.07) is -0.983. The fourth-order valence-electron chi connectivity index (χ4n) is 6.99. The van der Waals surface area contributed by atoms with Crippen LogP contribution in [0.25, 0.3) is 0 Å². The molecule has 0 spiro atoms. The highest BCUT2D eigenvalue weighted by Crippen LogP contribution is 2.43. The van der Waals surface area contributed by atoms with Gasteiger partial charge in [-0.3, -0.25) is 13.8 Å². The number of hydrogen-bond donors (Lipinski definition) is 5. The van der Waals surface area contributed by atoms with Gasteiger partial charge >= 0.3 is 7.82 Å². The maximum absolute atomic E-state index is 12.8. The molecule has 0 bridgehead atoms. The zero-order valence-electron chi connectivity index (χ0n) is 36.5. The van der Waals surface area contributed by atoms with Crippen molar-refractivity contribution in [2.45, 2.75) is 244 Å². The standard InChI is InChI=1S/C46H91N2O7P/c1-3-5-7-9-11-13-15-17-18-19-20-21-22-23-24-26-28-30-32-34-36-38-45(50)44(42-55-56(52,53)54-40-39-47)48-46(51)41-43(49)37-35-33-31-29-27-25-16-14-12-10-8-6-4-2/h14,16,36,38,43-45,49-50H,3-13,15,17-35,37,39-42,47H2,1-2H3,(H,48,51)(H,52,53)/b16-14-,38-36+. The van der Waals surface area contributed by atoms with Crippen LogP contribution < -0.4 is 11.1 Å². The Bertz CT molecular complexity index is 950. The van der Waals surface area contributed by atoms with Crippen molar-refractivity contribution in [3.63, 3.8) is 0 Å². The van der Waals surface area contributed by atoms with Gasteiger partial charge < -0.3 is 26.2 Å². The molecule has 0 saturated carbocycles. The molecule has 0 aromatic heterocycles. The molecule has 4 unspecified atom stereocenters. The van der Waals surface area contributed by atoms with E-state index in [-0.39, 0.29) is 19.6 Å². The molecule has 1 amide bonds. The molecule has 0 saturated heterocycles. The third-order valence-corrected chi connectivity index (χ3v) is 11.6. The predicted molar refractivity (Wildman–Crippen MR) is 237 cm³/mol. The molecule has 56 heavy (non-hydrogen) atoms. The van der Waals surface area contributed by atoms with Gasteiger partial charge in [-0.1, -0.05) is 199 Å². The van der Waals surface area contributed by atoms with Crippen LogP contribution in [0.2, 0.25) is 0 Å². The molecule has 0 aliphatic rings. The Kier molecular flexibility index (Phi) is 41.3. The summed E-state index contributed by atoms with van der Waals surface area (Å²) in [5.74, 6) is -0.450. The highest BCUT2D eigenvalue weighted by atomic mass is 31.2. The van der Waals surface area contributed by atoms with E-state index in [9.17, 15) is 24.5 Å². The third kappa shape index (κ3) is 39.8. The number of rotatable bonds is 44. The summed E-state index contributed by atoms with van der Waals surface area (Å²) in [6.07, 6.45) is 45.5. The van der Waals surface area contributed by atoms with E-state index >= 15 is 0 Å². The Balaban J connectivity index is 4.25. The normalized spacial score (nSPS) is 14.8. The van der Waals surface area contributed by atoms with Crippen LogP contribution in [-0.4, -0.2) is 59.0 Å². The molecule has 9 nitrogen and oxygen atoms in total.